The van der Waals surface area contributed by atoms with Crippen LogP contribution in [0.1, 0.15) is 31.2 Å². The number of hydrogen-bond donors (Lipinski definition) is 3. The summed E-state index contributed by atoms with van der Waals surface area (Å²) < 4.78 is 0. The van der Waals surface area contributed by atoms with Gasteiger partial charge in [-0.1, -0.05) is 43.2 Å². The lowest BCUT2D eigenvalue weighted by Gasteiger charge is -2.27. The Morgan fingerprint density at radius 1 is 1.25 bits per heavy atom. The number of hydrogen-bond acceptors (Lipinski definition) is 3. The zero-order valence-electron chi connectivity index (χ0n) is 11.3. The molecule has 2 rings (SSSR count). The standard InChI is InChI=1S/C15H20N2O3/c16-12(10-11-6-2-1-3-7-11)13(18)17-15(14(19)20)8-4-5-9-15/h1-3,6-7,12H,4-5,8-10,16H2,(H,17,18)(H,19,20)/t12-/m0/s1. The Morgan fingerprint density at radius 2 is 1.85 bits per heavy atom. The highest BCUT2D eigenvalue weighted by atomic mass is 16.4. The molecule has 0 unspecified atom stereocenters. The van der Waals surface area contributed by atoms with Crippen LogP contribution in [0.5, 0.6) is 0 Å². The molecule has 108 valence electrons. The first kappa shape index (κ1) is 14.5. The Bertz CT molecular complexity index is 481. The van der Waals surface area contributed by atoms with Crippen molar-refractivity contribution in [2.45, 2.75) is 43.7 Å². The molecule has 0 radical (unpaired) electrons. The third kappa shape index (κ3) is 3.17. The van der Waals surface area contributed by atoms with Crippen LogP contribution < -0.4 is 11.1 Å². The van der Waals surface area contributed by atoms with E-state index in [1.54, 1.807) is 0 Å². The molecule has 1 fully saturated rings. The van der Waals surface area contributed by atoms with E-state index in [1.165, 1.54) is 0 Å². The quantitative estimate of drug-likeness (QED) is 0.750. The van der Waals surface area contributed by atoms with E-state index in [0.29, 0.717) is 19.3 Å². The maximum Gasteiger partial charge on any atom is 0.329 e. The van der Waals surface area contributed by atoms with Crippen molar-refractivity contribution in [1.82, 2.24) is 5.32 Å². The monoisotopic (exact) mass is 276 g/mol. The highest BCUT2D eigenvalue weighted by Crippen LogP contribution is 2.30. The van der Waals surface area contributed by atoms with Gasteiger partial charge in [-0.05, 0) is 24.8 Å². The van der Waals surface area contributed by atoms with Crippen molar-refractivity contribution >= 4 is 11.9 Å². The predicted molar refractivity (Wildman–Crippen MR) is 75.1 cm³/mol. The second-order valence-corrected chi connectivity index (χ2v) is 5.38. The molecule has 0 heterocycles. The normalized spacial score (nSPS) is 18.4. The molecular formula is C15H20N2O3. The van der Waals surface area contributed by atoms with Gasteiger partial charge in [0.2, 0.25) is 5.91 Å². The largest absolute Gasteiger partial charge is 0.480 e. The molecule has 1 aromatic rings. The van der Waals surface area contributed by atoms with Crippen molar-refractivity contribution in [3.63, 3.8) is 0 Å². The number of benzene rings is 1. The van der Waals surface area contributed by atoms with Gasteiger partial charge in [0, 0.05) is 0 Å². The number of amides is 1. The lowest BCUT2D eigenvalue weighted by molar-refractivity contribution is -0.147. The van der Waals surface area contributed by atoms with Crippen LogP contribution in [0.4, 0.5) is 0 Å². The zero-order valence-corrected chi connectivity index (χ0v) is 11.3. The van der Waals surface area contributed by atoms with Crippen molar-refractivity contribution in [3.8, 4) is 0 Å². The Balaban J connectivity index is 1.98. The van der Waals surface area contributed by atoms with E-state index in [-0.39, 0.29) is 0 Å². The summed E-state index contributed by atoms with van der Waals surface area (Å²) in [7, 11) is 0. The van der Waals surface area contributed by atoms with Gasteiger partial charge in [0.05, 0.1) is 6.04 Å². The highest BCUT2D eigenvalue weighted by molar-refractivity contribution is 5.89. The minimum absolute atomic E-state index is 0.391. The van der Waals surface area contributed by atoms with E-state index in [9.17, 15) is 14.7 Å². The van der Waals surface area contributed by atoms with Crippen molar-refractivity contribution in [2.24, 2.45) is 5.73 Å². The molecule has 5 nitrogen and oxygen atoms in total. The van der Waals surface area contributed by atoms with Gasteiger partial charge in [-0.3, -0.25) is 4.79 Å². The van der Waals surface area contributed by atoms with Gasteiger partial charge >= 0.3 is 5.97 Å². The van der Waals surface area contributed by atoms with Crippen LogP contribution in [-0.2, 0) is 16.0 Å². The fourth-order valence-corrected chi connectivity index (χ4v) is 2.66. The van der Waals surface area contributed by atoms with Gasteiger partial charge in [-0.25, -0.2) is 4.79 Å². The lowest BCUT2D eigenvalue weighted by atomic mass is 9.96. The van der Waals surface area contributed by atoms with Gasteiger partial charge < -0.3 is 16.2 Å². The van der Waals surface area contributed by atoms with Crippen molar-refractivity contribution in [1.29, 1.82) is 0 Å². The van der Waals surface area contributed by atoms with E-state index < -0.39 is 23.5 Å². The second-order valence-electron chi connectivity index (χ2n) is 5.38. The van der Waals surface area contributed by atoms with Gasteiger partial charge in [-0.15, -0.1) is 0 Å². The molecule has 1 saturated carbocycles. The van der Waals surface area contributed by atoms with Gasteiger partial charge in [0.25, 0.3) is 0 Å². The third-order valence-electron chi connectivity index (χ3n) is 3.86. The Morgan fingerprint density at radius 3 is 2.40 bits per heavy atom. The summed E-state index contributed by atoms with van der Waals surface area (Å²) in [6, 6.07) is 8.73. The number of rotatable bonds is 5. The van der Waals surface area contributed by atoms with Gasteiger partial charge in [0.1, 0.15) is 5.54 Å². The molecule has 0 aromatic heterocycles. The van der Waals surface area contributed by atoms with Crippen molar-refractivity contribution in [2.75, 3.05) is 0 Å². The van der Waals surface area contributed by atoms with Crippen molar-refractivity contribution in [3.05, 3.63) is 35.9 Å². The molecule has 0 aliphatic heterocycles. The molecule has 0 spiro atoms. The molecule has 4 N–H and O–H groups in total. The minimum Gasteiger partial charge on any atom is -0.480 e. The Labute approximate surface area is 118 Å². The summed E-state index contributed by atoms with van der Waals surface area (Å²) in [6.45, 7) is 0. The van der Waals surface area contributed by atoms with Gasteiger partial charge in [-0.2, -0.15) is 0 Å². The second kappa shape index (κ2) is 6.05. The van der Waals surface area contributed by atoms with E-state index in [4.69, 9.17) is 5.73 Å². The topological polar surface area (TPSA) is 92.4 Å². The van der Waals surface area contributed by atoms with Crippen LogP contribution in [0.2, 0.25) is 0 Å². The fraction of sp³-hybridized carbons (Fsp3) is 0.467. The Hall–Kier alpha value is -1.88. The molecule has 0 saturated heterocycles. The maximum atomic E-state index is 12.1. The molecular weight excluding hydrogens is 256 g/mol. The maximum absolute atomic E-state index is 12.1. The zero-order chi connectivity index (χ0) is 14.6. The first-order chi connectivity index (χ1) is 9.53. The minimum atomic E-state index is -1.12. The average Bonchev–Trinajstić information content (AvgIpc) is 2.89. The number of carboxylic acid groups (broad SMARTS) is 1. The van der Waals surface area contributed by atoms with Crippen molar-refractivity contribution < 1.29 is 14.7 Å². The summed E-state index contributed by atoms with van der Waals surface area (Å²) in [5.74, 6) is -1.35. The van der Waals surface area contributed by atoms with E-state index in [2.05, 4.69) is 5.32 Å². The number of carbonyl (C=O) groups excluding carboxylic acids is 1. The molecule has 1 aromatic carbocycles. The summed E-state index contributed by atoms with van der Waals surface area (Å²) in [5, 5.41) is 12.0. The number of nitrogens with one attached hydrogen (secondary N) is 1. The fourth-order valence-electron chi connectivity index (χ4n) is 2.66. The Kier molecular flexibility index (Phi) is 4.39. The summed E-state index contributed by atoms with van der Waals surface area (Å²) in [4.78, 5) is 23.5. The summed E-state index contributed by atoms with van der Waals surface area (Å²) in [6.07, 6.45) is 3.00. The van der Waals surface area contributed by atoms with Crippen LogP contribution in [0.25, 0.3) is 0 Å². The van der Waals surface area contributed by atoms with Crippen LogP contribution in [0.15, 0.2) is 30.3 Å². The third-order valence-corrected chi connectivity index (χ3v) is 3.86. The van der Waals surface area contributed by atoms with E-state index >= 15 is 0 Å². The highest BCUT2D eigenvalue weighted by Gasteiger charge is 2.43. The number of aliphatic carboxylic acids is 1. The van der Waals surface area contributed by atoms with Crippen LogP contribution in [0, 0.1) is 0 Å². The van der Waals surface area contributed by atoms with Gasteiger partial charge in [0.15, 0.2) is 0 Å². The molecule has 0 bridgehead atoms. The predicted octanol–water partition coefficient (Wildman–Crippen LogP) is 1.07. The van der Waals surface area contributed by atoms with Crippen LogP contribution in [0.3, 0.4) is 0 Å². The smallest absolute Gasteiger partial charge is 0.329 e. The average molecular weight is 276 g/mol. The van der Waals surface area contributed by atoms with Crippen LogP contribution in [-0.4, -0.2) is 28.6 Å². The summed E-state index contributed by atoms with van der Waals surface area (Å²) >= 11 is 0. The van der Waals surface area contributed by atoms with E-state index in [1.807, 2.05) is 30.3 Å². The SMILES string of the molecule is N[C@@H](Cc1ccccc1)C(=O)NC1(C(=O)O)CCCC1. The molecule has 1 atom stereocenters. The first-order valence-corrected chi connectivity index (χ1v) is 6.88. The first-order valence-electron chi connectivity index (χ1n) is 6.88. The number of carbonyl (C=O) groups is 2. The molecule has 1 aliphatic rings. The van der Waals surface area contributed by atoms with E-state index in [0.717, 1.165) is 18.4 Å². The lowest BCUT2D eigenvalue weighted by Crippen LogP contribution is -2.57. The van der Waals surface area contributed by atoms with Crippen LogP contribution >= 0.6 is 0 Å². The molecule has 20 heavy (non-hydrogen) atoms. The molecule has 1 amide bonds. The summed E-state index contributed by atoms with van der Waals surface area (Å²) in [5.41, 5.74) is 5.73. The molecule has 5 heteroatoms. The number of nitrogens with two attached hydrogens (primary N) is 1. The number of carboxylic acids is 1. The molecule has 1 aliphatic carbocycles.